The minimum absolute atomic E-state index is 0.125. The standard InChI is InChI=1S/C24H26IN5O2S/c1-5-11-30-22(17(4)26-23(32)18-8-6-7-15(2)12-18)28-29-24(30)33-14-21(31)27-20-10-9-19(25)13-16(20)3/h5-10,12-13,17H,1,11,14H2,2-4H3,(H,26,32)(H,27,31)/t17-/m1/s1. The minimum Gasteiger partial charge on any atom is -0.342 e. The number of rotatable bonds is 9. The molecule has 0 fully saturated rings. The highest BCUT2D eigenvalue weighted by atomic mass is 127. The second-order valence-corrected chi connectivity index (χ2v) is 9.79. The summed E-state index contributed by atoms with van der Waals surface area (Å²) >= 11 is 3.54. The summed E-state index contributed by atoms with van der Waals surface area (Å²) in [5.41, 5.74) is 3.41. The molecule has 0 radical (unpaired) electrons. The molecule has 2 N–H and O–H groups in total. The van der Waals surface area contributed by atoms with Crippen molar-refractivity contribution < 1.29 is 9.59 Å². The van der Waals surface area contributed by atoms with Crippen molar-refractivity contribution in [2.24, 2.45) is 0 Å². The second-order valence-electron chi connectivity index (χ2n) is 7.60. The highest BCUT2D eigenvalue weighted by molar-refractivity contribution is 14.1. The van der Waals surface area contributed by atoms with E-state index in [9.17, 15) is 9.59 Å². The summed E-state index contributed by atoms with van der Waals surface area (Å²) in [4.78, 5) is 25.1. The van der Waals surface area contributed by atoms with Crippen LogP contribution in [0.25, 0.3) is 0 Å². The summed E-state index contributed by atoms with van der Waals surface area (Å²) < 4.78 is 2.98. The van der Waals surface area contributed by atoms with Crippen LogP contribution < -0.4 is 10.6 Å². The Morgan fingerprint density at radius 2 is 2.00 bits per heavy atom. The number of hydrogen-bond donors (Lipinski definition) is 2. The number of nitrogens with zero attached hydrogens (tertiary/aromatic N) is 3. The monoisotopic (exact) mass is 575 g/mol. The number of aromatic nitrogens is 3. The number of aryl methyl sites for hydroxylation is 2. The summed E-state index contributed by atoms with van der Waals surface area (Å²) in [6, 6.07) is 12.9. The maximum absolute atomic E-state index is 12.6. The number of nitrogens with one attached hydrogen (secondary N) is 2. The van der Waals surface area contributed by atoms with E-state index in [1.54, 1.807) is 12.1 Å². The topological polar surface area (TPSA) is 88.9 Å². The van der Waals surface area contributed by atoms with Crippen LogP contribution in [-0.2, 0) is 11.3 Å². The molecule has 1 aromatic heterocycles. The van der Waals surface area contributed by atoms with Crippen LogP contribution in [0.3, 0.4) is 0 Å². The van der Waals surface area contributed by atoms with Crippen LogP contribution in [0.1, 0.15) is 40.3 Å². The Labute approximate surface area is 211 Å². The molecule has 7 nitrogen and oxygen atoms in total. The molecule has 1 heterocycles. The van der Waals surface area contributed by atoms with Gasteiger partial charge in [0.1, 0.15) is 0 Å². The molecule has 0 saturated heterocycles. The number of carbonyl (C=O) groups excluding carboxylic acids is 2. The van der Waals surface area contributed by atoms with E-state index < -0.39 is 0 Å². The fourth-order valence-electron chi connectivity index (χ4n) is 3.24. The van der Waals surface area contributed by atoms with Crippen LogP contribution >= 0.6 is 34.4 Å². The number of thioether (sulfide) groups is 1. The van der Waals surface area contributed by atoms with E-state index in [1.807, 2.05) is 61.7 Å². The summed E-state index contributed by atoms with van der Waals surface area (Å²) in [6.07, 6.45) is 1.74. The van der Waals surface area contributed by atoms with E-state index >= 15 is 0 Å². The van der Waals surface area contributed by atoms with E-state index in [1.165, 1.54) is 11.8 Å². The predicted molar refractivity (Wildman–Crippen MR) is 141 cm³/mol. The molecule has 0 aliphatic rings. The zero-order valence-corrected chi connectivity index (χ0v) is 21.7. The maximum atomic E-state index is 12.6. The van der Waals surface area contributed by atoms with Gasteiger partial charge in [-0.2, -0.15) is 0 Å². The Kier molecular flexibility index (Phi) is 8.67. The predicted octanol–water partition coefficient (Wildman–Crippen LogP) is 4.91. The third kappa shape index (κ3) is 6.67. The van der Waals surface area contributed by atoms with E-state index in [2.05, 4.69) is 50.0 Å². The largest absolute Gasteiger partial charge is 0.342 e. The summed E-state index contributed by atoms with van der Waals surface area (Å²) in [5.74, 6) is 0.484. The number of benzene rings is 2. The van der Waals surface area contributed by atoms with Crippen LogP contribution in [0.15, 0.2) is 60.3 Å². The van der Waals surface area contributed by atoms with Crippen molar-refractivity contribution in [2.45, 2.75) is 38.5 Å². The van der Waals surface area contributed by atoms with E-state index in [0.29, 0.717) is 23.1 Å². The van der Waals surface area contributed by atoms with Crippen molar-refractivity contribution in [3.05, 3.63) is 81.2 Å². The number of carbonyl (C=O) groups is 2. The van der Waals surface area contributed by atoms with Gasteiger partial charge >= 0.3 is 0 Å². The SMILES string of the molecule is C=CCn1c(SCC(=O)Nc2ccc(I)cc2C)nnc1[C@@H](C)NC(=O)c1cccc(C)c1. The number of allylic oxidation sites excluding steroid dienone is 1. The number of amides is 2. The molecule has 3 rings (SSSR count). The van der Waals surface area contributed by atoms with Crippen LogP contribution in [0, 0.1) is 17.4 Å². The van der Waals surface area contributed by atoms with Gasteiger partial charge in [0.05, 0.1) is 11.8 Å². The second kappa shape index (κ2) is 11.5. The van der Waals surface area contributed by atoms with Gasteiger partial charge in [-0.15, -0.1) is 16.8 Å². The highest BCUT2D eigenvalue weighted by Gasteiger charge is 2.20. The van der Waals surface area contributed by atoms with Gasteiger partial charge in [0, 0.05) is 21.4 Å². The molecule has 9 heteroatoms. The summed E-state index contributed by atoms with van der Waals surface area (Å²) in [7, 11) is 0. The lowest BCUT2D eigenvalue weighted by molar-refractivity contribution is -0.113. The first kappa shape index (κ1) is 25.0. The molecule has 0 aliphatic carbocycles. The lowest BCUT2D eigenvalue weighted by Crippen LogP contribution is -2.29. The van der Waals surface area contributed by atoms with Gasteiger partial charge in [-0.25, -0.2) is 0 Å². The molecular weight excluding hydrogens is 549 g/mol. The maximum Gasteiger partial charge on any atom is 0.251 e. The van der Waals surface area contributed by atoms with Crippen molar-refractivity contribution in [2.75, 3.05) is 11.1 Å². The zero-order chi connectivity index (χ0) is 24.0. The molecule has 2 amide bonds. The van der Waals surface area contributed by atoms with Crippen molar-refractivity contribution in [3.63, 3.8) is 0 Å². The molecule has 172 valence electrons. The molecule has 0 bridgehead atoms. The fourth-order valence-corrected chi connectivity index (χ4v) is 4.64. The van der Waals surface area contributed by atoms with Crippen LogP contribution in [0.4, 0.5) is 5.69 Å². The van der Waals surface area contributed by atoms with Crippen molar-refractivity contribution in [1.29, 1.82) is 0 Å². The van der Waals surface area contributed by atoms with Gasteiger partial charge in [0.25, 0.3) is 5.91 Å². The smallest absolute Gasteiger partial charge is 0.251 e. The molecule has 33 heavy (non-hydrogen) atoms. The summed E-state index contributed by atoms with van der Waals surface area (Å²) in [5, 5.41) is 15.0. The van der Waals surface area contributed by atoms with Gasteiger partial charge in [-0.05, 0) is 79.3 Å². The van der Waals surface area contributed by atoms with Gasteiger partial charge in [-0.1, -0.05) is 35.5 Å². The number of anilines is 1. The van der Waals surface area contributed by atoms with Gasteiger partial charge < -0.3 is 15.2 Å². The Morgan fingerprint density at radius 1 is 1.21 bits per heavy atom. The fraction of sp³-hybridized carbons (Fsp3) is 0.250. The first-order valence-corrected chi connectivity index (χ1v) is 12.4. The van der Waals surface area contributed by atoms with Gasteiger partial charge in [0.2, 0.25) is 5.91 Å². The van der Waals surface area contributed by atoms with Gasteiger partial charge in [-0.3, -0.25) is 9.59 Å². The van der Waals surface area contributed by atoms with Crippen molar-refractivity contribution >= 4 is 51.9 Å². The van der Waals surface area contributed by atoms with Crippen molar-refractivity contribution in [1.82, 2.24) is 20.1 Å². The molecule has 0 aliphatic heterocycles. The van der Waals surface area contributed by atoms with Crippen LogP contribution in [0.2, 0.25) is 0 Å². The molecule has 0 unspecified atom stereocenters. The summed E-state index contributed by atoms with van der Waals surface area (Å²) in [6.45, 7) is 10.0. The molecule has 3 aromatic rings. The highest BCUT2D eigenvalue weighted by Crippen LogP contribution is 2.22. The normalized spacial score (nSPS) is 11.6. The molecule has 0 spiro atoms. The Hall–Kier alpha value is -2.66. The average molecular weight is 575 g/mol. The Morgan fingerprint density at radius 3 is 2.70 bits per heavy atom. The molecule has 1 atom stereocenters. The number of halogens is 1. The lowest BCUT2D eigenvalue weighted by atomic mass is 10.1. The first-order chi connectivity index (χ1) is 15.8. The van der Waals surface area contributed by atoms with E-state index in [0.717, 1.165) is 20.4 Å². The molecular formula is C24H26IN5O2S. The minimum atomic E-state index is -0.372. The average Bonchev–Trinajstić information content (AvgIpc) is 3.17. The Bertz CT molecular complexity index is 1180. The van der Waals surface area contributed by atoms with Gasteiger partial charge in [0.15, 0.2) is 11.0 Å². The van der Waals surface area contributed by atoms with Crippen LogP contribution in [-0.4, -0.2) is 32.3 Å². The Balaban J connectivity index is 1.67. The third-order valence-electron chi connectivity index (χ3n) is 4.87. The lowest BCUT2D eigenvalue weighted by Gasteiger charge is -2.15. The molecule has 2 aromatic carbocycles. The number of hydrogen-bond acceptors (Lipinski definition) is 5. The van der Waals surface area contributed by atoms with E-state index in [-0.39, 0.29) is 23.6 Å². The quantitative estimate of drug-likeness (QED) is 0.215. The molecule has 0 saturated carbocycles. The first-order valence-electron chi connectivity index (χ1n) is 10.4. The third-order valence-corrected chi connectivity index (χ3v) is 6.50. The van der Waals surface area contributed by atoms with Crippen molar-refractivity contribution in [3.8, 4) is 0 Å². The van der Waals surface area contributed by atoms with E-state index in [4.69, 9.17) is 0 Å². The zero-order valence-electron chi connectivity index (χ0n) is 18.8. The van der Waals surface area contributed by atoms with Crippen LogP contribution in [0.5, 0.6) is 0 Å².